The van der Waals surface area contributed by atoms with Gasteiger partial charge in [0, 0.05) is 38.9 Å². The van der Waals surface area contributed by atoms with Crippen LogP contribution in [0.5, 0.6) is 5.75 Å². The number of oxazole rings is 1. The van der Waals surface area contributed by atoms with Gasteiger partial charge in [0.2, 0.25) is 5.89 Å². The molecule has 3 heterocycles. The number of methoxy groups -OCH3 is 1. The van der Waals surface area contributed by atoms with Crippen LogP contribution >= 0.6 is 35.3 Å². The summed E-state index contributed by atoms with van der Waals surface area (Å²) in [5, 5.41) is 5.42. The van der Waals surface area contributed by atoms with E-state index in [0.29, 0.717) is 12.4 Å². The molecule has 0 unspecified atom stereocenters. The largest absolute Gasteiger partial charge is 0.497 e. The van der Waals surface area contributed by atoms with E-state index >= 15 is 0 Å². The van der Waals surface area contributed by atoms with Crippen molar-refractivity contribution in [2.75, 3.05) is 45.2 Å². The molecule has 160 valence electrons. The van der Waals surface area contributed by atoms with Gasteiger partial charge in [-0.1, -0.05) is 6.07 Å². The lowest BCUT2D eigenvalue weighted by atomic mass is 10.2. The quantitative estimate of drug-likeness (QED) is 0.301. The minimum absolute atomic E-state index is 0. The van der Waals surface area contributed by atoms with Crippen LogP contribution in [-0.4, -0.2) is 56.2 Å². The molecule has 0 amide bonds. The number of benzene rings is 1. The Kier molecular flexibility index (Phi) is 7.97. The van der Waals surface area contributed by atoms with Gasteiger partial charge >= 0.3 is 0 Å². The van der Waals surface area contributed by atoms with E-state index in [1.54, 1.807) is 24.7 Å². The van der Waals surface area contributed by atoms with Gasteiger partial charge in [0.1, 0.15) is 12.0 Å². The third-order valence-corrected chi connectivity index (χ3v) is 5.80. The summed E-state index contributed by atoms with van der Waals surface area (Å²) in [5.41, 5.74) is 2.09. The second-order valence-electron chi connectivity index (χ2n) is 6.69. The summed E-state index contributed by atoms with van der Waals surface area (Å²) in [4.78, 5) is 14.7. The Bertz CT molecular complexity index is 935. The number of hydrogen-bond acceptors (Lipinski definition) is 6. The van der Waals surface area contributed by atoms with Crippen LogP contribution in [0.25, 0.3) is 10.8 Å². The standard InChI is InChI=1S/C21H25N5O2S.HI/c1-22-21(23-14-16-15-28-20(24-16)19-4-3-13-29-19)26-11-9-25(10-12-26)17-5-7-18(27-2)8-6-17;/h3-8,13,15H,9-12,14H2,1-2H3,(H,22,23);1H. The molecule has 4 rings (SSSR count). The average Bonchev–Trinajstić information content (AvgIpc) is 3.47. The predicted molar refractivity (Wildman–Crippen MR) is 132 cm³/mol. The summed E-state index contributed by atoms with van der Waals surface area (Å²) in [6, 6.07) is 12.2. The van der Waals surface area contributed by atoms with Crippen molar-refractivity contribution in [3.05, 3.63) is 53.7 Å². The fourth-order valence-electron chi connectivity index (χ4n) is 3.37. The number of aliphatic imine (C=N–C) groups is 1. The Hall–Kier alpha value is -2.27. The zero-order chi connectivity index (χ0) is 20.1. The number of piperazine rings is 1. The number of nitrogens with one attached hydrogen (secondary N) is 1. The highest BCUT2D eigenvalue weighted by atomic mass is 127. The molecule has 1 fully saturated rings. The SMILES string of the molecule is CN=C(NCc1coc(-c2cccs2)n1)N1CCN(c2ccc(OC)cc2)CC1.I. The Morgan fingerprint density at radius 1 is 1.20 bits per heavy atom. The lowest BCUT2D eigenvalue weighted by Gasteiger charge is -2.37. The van der Waals surface area contributed by atoms with Crippen molar-refractivity contribution in [2.24, 2.45) is 4.99 Å². The van der Waals surface area contributed by atoms with Crippen molar-refractivity contribution in [3.63, 3.8) is 0 Å². The van der Waals surface area contributed by atoms with E-state index in [1.165, 1.54) is 5.69 Å². The van der Waals surface area contributed by atoms with Crippen LogP contribution in [0, 0.1) is 0 Å². The van der Waals surface area contributed by atoms with Gasteiger partial charge in [0.05, 0.1) is 24.2 Å². The fraction of sp³-hybridized carbons (Fsp3) is 0.333. The third kappa shape index (κ3) is 5.25. The monoisotopic (exact) mass is 539 g/mol. The first-order valence-corrected chi connectivity index (χ1v) is 10.5. The third-order valence-electron chi connectivity index (χ3n) is 4.94. The summed E-state index contributed by atoms with van der Waals surface area (Å²) in [5.74, 6) is 2.44. The van der Waals surface area contributed by atoms with E-state index in [4.69, 9.17) is 9.15 Å². The smallest absolute Gasteiger partial charge is 0.236 e. The number of ether oxygens (including phenoxy) is 1. The number of rotatable bonds is 5. The van der Waals surface area contributed by atoms with Gasteiger partial charge in [0.25, 0.3) is 0 Å². The number of halogens is 1. The molecule has 0 aliphatic carbocycles. The molecule has 1 aromatic carbocycles. The van der Waals surface area contributed by atoms with Crippen LogP contribution in [-0.2, 0) is 6.54 Å². The first-order chi connectivity index (χ1) is 14.3. The molecule has 9 heteroatoms. The highest BCUT2D eigenvalue weighted by molar-refractivity contribution is 14.0. The summed E-state index contributed by atoms with van der Waals surface area (Å²) < 4.78 is 10.8. The molecule has 1 N–H and O–H groups in total. The summed E-state index contributed by atoms with van der Waals surface area (Å²) >= 11 is 1.62. The Morgan fingerprint density at radius 2 is 1.97 bits per heavy atom. The van der Waals surface area contributed by atoms with Crippen LogP contribution in [0.15, 0.2) is 57.5 Å². The van der Waals surface area contributed by atoms with Crippen LogP contribution in [0.2, 0.25) is 0 Å². The van der Waals surface area contributed by atoms with Crippen molar-refractivity contribution in [2.45, 2.75) is 6.54 Å². The molecule has 0 atom stereocenters. The maximum absolute atomic E-state index is 5.59. The molecular weight excluding hydrogens is 513 g/mol. The van der Waals surface area contributed by atoms with Gasteiger partial charge in [-0.3, -0.25) is 4.99 Å². The number of thiophene rings is 1. The van der Waals surface area contributed by atoms with Gasteiger partial charge in [-0.15, -0.1) is 35.3 Å². The van der Waals surface area contributed by atoms with Crippen molar-refractivity contribution < 1.29 is 9.15 Å². The summed E-state index contributed by atoms with van der Waals surface area (Å²) in [6.45, 7) is 4.29. The number of hydrogen-bond donors (Lipinski definition) is 1. The van der Waals surface area contributed by atoms with Crippen molar-refractivity contribution in [1.82, 2.24) is 15.2 Å². The molecule has 1 aliphatic heterocycles. The van der Waals surface area contributed by atoms with Crippen LogP contribution in [0.1, 0.15) is 5.69 Å². The lowest BCUT2D eigenvalue weighted by molar-refractivity contribution is 0.372. The van der Waals surface area contributed by atoms with Gasteiger partial charge in [-0.05, 0) is 35.7 Å². The van der Waals surface area contributed by atoms with Gasteiger partial charge < -0.3 is 24.3 Å². The molecule has 1 saturated heterocycles. The van der Waals surface area contributed by atoms with Crippen LogP contribution in [0.3, 0.4) is 0 Å². The molecule has 0 radical (unpaired) electrons. The maximum Gasteiger partial charge on any atom is 0.236 e. The van der Waals surface area contributed by atoms with E-state index in [9.17, 15) is 0 Å². The van der Waals surface area contributed by atoms with Crippen LogP contribution in [0.4, 0.5) is 5.69 Å². The van der Waals surface area contributed by atoms with E-state index in [2.05, 4.69) is 37.2 Å². The number of aromatic nitrogens is 1. The van der Waals surface area contributed by atoms with Crippen molar-refractivity contribution in [1.29, 1.82) is 0 Å². The molecule has 7 nitrogen and oxygen atoms in total. The minimum Gasteiger partial charge on any atom is -0.497 e. The number of nitrogens with zero attached hydrogens (tertiary/aromatic N) is 4. The van der Waals surface area contributed by atoms with E-state index in [0.717, 1.165) is 48.5 Å². The first-order valence-electron chi connectivity index (χ1n) is 9.59. The average molecular weight is 539 g/mol. The molecule has 30 heavy (non-hydrogen) atoms. The zero-order valence-electron chi connectivity index (χ0n) is 17.1. The molecular formula is C21H26IN5O2S. The molecule has 0 spiro atoms. The number of anilines is 1. The molecule has 0 saturated carbocycles. The second kappa shape index (κ2) is 10.7. The minimum atomic E-state index is 0. The highest BCUT2D eigenvalue weighted by Crippen LogP contribution is 2.24. The lowest BCUT2D eigenvalue weighted by Crippen LogP contribution is -2.52. The Morgan fingerprint density at radius 3 is 2.60 bits per heavy atom. The maximum atomic E-state index is 5.59. The normalized spacial score (nSPS) is 14.4. The Labute approximate surface area is 197 Å². The first kappa shape index (κ1) is 22.4. The fourth-order valence-corrected chi connectivity index (χ4v) is 4.03. The molecule has 3 aromatic rings. The van der Waals surface area contributed by atoms with E-state index in [-0.39, 0.29) is 24.0 Å². The van der Waals surface area contributed by atoms with E-state index in [1.807, 2.05) is 36.7 Å². The number of guanidine groups is 1. The zero-order valence-corrected chi connectivity index (χ0v) is 20.2. The van der Waals surface area contributed by atoms with Crippen molar-refractivity contribution >= 4 is 47.0 Å². The van der Waals surface area contributed by atoms with Gasteiger partial charge in [-0.25, -0.2) is 4.98 Å². The van der Waals surface area contributed by atoms with Gasteiger partial charge in [-0.2, -0.15) is 0 Å². The van der Waals surface area contributed by atoms with E-state index < -0.39 is 0 Å². The van der Waals surface area contributed by atoms with Crippen molar-refractivity contribution in [3.8, 4) is 16.5 Å². The highest BCUT2D eigenvalue weighted by Gasteiger charge is 2.20. The molecule has 0 bridgehead atoms. The Balaban J connectivity index is 0.00000256. The van der Waals surface area contributed by atoms with Gasteiger partial charge in [0.15, 0.2) is 5.96 Å². The van der Waals surface area contributed by atoms with Crippen LogP contribution < -0.4 is 15.0 Å². The summed E-state index contributed by atoms with van der Waals surface area (Å²) in [6.07, 6.45) is 1.71. The summed E-state index contributed by atoms with van der Waals surface area (Å²) in [7, 11) is 3.51. The molecule has 2 aromatic heterocycles. The predicted octanol–water partition coefficient (Wildman–Crippen LogP) is 3.93. The topological polar surface area (TPSA) is 66.1 Å². The molecule has 1 aliphatic rings. The second-order valence-corrected chi connectivity index (χ2v) is 7.64.